The van der Waals surface area contributed by atoms with Crippen LogP contribution in [0.15, 0.2) is 6.07 Å². The second-order valence-electron chi connectivity index (χ2n) is 5.72. The minimum atomic E-state index is -1.27. The van der Waals surface area contributed by atoms with E-state index in [1.165, 1.54) is 10.4 Å². The van der Waals surface area contributed by atoms with Crippen molar-refractivity contribution in [3.63, 3.8) is 0 Å². The Morgan fingerprint density at radius 3 is 1.48 bits per heavy atom. The maximum atomic E-state index is 7.50. The van der Waals surface area contributed by atoms with Gasteiger partial charge < -0.3 is 0 Å². The van der Waals surface area contributed by atoms with Gasteiger partial charge in [-0.05, 0) is 35.0 Å². The maximum absolute atomic E-state index is 7.50. The van der Waals surface area contributed by atoms with Crippen molar-refractivity contribution in [1.82, 2.24) is 0 Å². The van der Waals surface area contributed by atoms with E-state index < -0.39 is 8.07 Å². The van der Waals surface area contributed by atoms with Crippen LogP contribution in [0, 0.1) is 33.8 Å². The molecule has 0 amide bonds. The van der Waals surface area contributed by atoms with E-state index in [-0.39, 0.29) is 17.4 Å². The zero-order valence-electron chi connectivity index (χ0n) is 13.6. The number of hydrogen-bond donors (Lipinski definition) is 0. The zero-order valence-corrected chi connectivity index (χ0v) is 16.7. The second-order valence-corrected chi connectivity index (χ2v) is 12.6. The van der Waals surface area contributed by atoms with E-state index in [1.54, 1.807) is 4.50 Å². The SMILES string of the molecule is Cc1cc([Si](C)(C)C(C)(C)C)sc1C.[C-]#[O+].[C-]#[O+].[C-]#[O+].[Cr]. The summed E-state index contributed by atoms with van der Waals surface area (Å²) >= 11 is 2.01. The van der Waals surface area contributed by atoms with Crippen molar-refractivity contribution in [2.75, 3.05) is 0 Å². The fraction of sp³-hybridized carbons (Fsp3) is 0.533. The van der Waals surface area contributed by atoms with Gasteiger partial charge in [-0.3, -0.25) is 0 Å². The Balaban J connectivity index is -0.000000183. The third-order valence-corrected chi connectivity index (χ3v) is 11.6. The van der Waals surface area contributed by atoms with E-state index in [0.29, 0.717) is 5.04 Å². The normalized spacial score (nSPS) is 9.19. The summed E-state index contributed by atoms with van der Waals surface area (Å²) in [6, 6.07) is 2.41. The van der Waals surface area contributed by atoms with Crippen molar-refractivity contribution in [1.29, 1.82) is 0 Å². The number of hydrogen-bond acceptors (Lipinski definition) is 1. The maximum Gasteiger partial charge on any atom is 0 e. The smallest absolute Gasteiger partial charge is 0 e. The molecule has 6 heteroatoms. The van der Waals surface area contributed by atoms with Gasteiger partial charge in [0, 0.05) is 22.2 Å². The minimum absolute atomic E-state index is 0. The van der Waals surface area contributed by atoms with Gasteiger partial charge in [-0.25, -0.2) is 0 Å². The van der Waals surface area contributed by atoms with Crippen LogP contribution in [0.5, 0.6) is 0 Å². The first-order chi connectivity index (χ1) is 9.16. The molecule has 1 aromatic rings. The molecule has 0 spiro atoms. The molecule has 0 radical (unpaired) electrons. The molecular formula is C15H22CrO3SSi. The van der Waals surface area contributed by atoms with Gasteiger partial charge in [0.15, 0.2) is 0 Å². The summed E-state index contributed by atoms with van der Waals surface area (Å²) in [6.07, 6.45) is 0. The third-order valence-electron chi connectivity index (χ3n) is 3.66. The summed E-state index contributed by atoms with van der Waals surface area (Å²) in [6.45, 7) is 30.1. The molecule has 0 aliphatic rings. The molecule has 1 rings (SSSR count). The Labute approximate surface area is 144 Å². The molecule has 21 heavy (non-hydrogen) atoms. The summed E-state index contributed by atoms with van der Waals surface area (Å²) in [5, 5.41) is 0.455. The Bertz CT molecular complexity index is 420. The van der Waals surface area contributed by atoms with Crippen LogP contribution in [0.1, 0.15) is 31.2 Å². The predicted octanol–water partition coefficient (Wildman–Crippen LogP) is 3.97. The molecule has 0 aliphatic carbocycles. The van der Waals surface area contributed by atoms with Gasteiger partial charge in [0.25, 0.3) is 0 Å². The third kappa shape index (κ3) is 8.63. The van der Waals surface area contributed by atoms with Gasteiger partial charge in [-0.2, -0.15) is 11.3 Å². The summed E-state index contributed by atoms with van der Waals surface area (Å²) in [5.74, 6) is 0. The van der Waals surface area contributed by atoms with Gasteiger partial charge in [0.05, 0.1) is 8.07 Å². The summed E-state index contributed by atoms with van der Waals surface area (Å²) < 4.78 is 24.2. The number of rotatable bonds is 1. The molecule has 0 bridgehead atoms. The largest absolute Gasteiger partial charge is 0 e. The van der Waals surface area contributed by atoms with Crippen LogP contribution in [-0.4, -0.2) is 8.07 Å². The van der Waals surface area contributed by atoms with Crippen LogP contribution in [0.3, 0.4) is 0 Å². The van der Waals surface area contributed by atoms with E-state index in [9.17, 15) is 0 Å². The fourth-order valence-corrected chi connectivity index (χ4v) is 5.75. The van der Waals surface area contributed by atoms with Gasteiger partial charge in [0.2, 0.25) is 0 Å². The predicted molar refractivity (Wildman–Crippen MR) is 82.4 cm³/mol. The number of aryl methyl sites for hydroxylation is 2. The van der Waals surface area contributed by atoms with Gasteiger partial charge >= 0.3 is 33.9 Å². The monoisotopic (exact) mass is 362 g/mol. The molecule has 0 aliphatic heterocycles. The van der Waals surface area contributed by atoms with E-state index in [1.807, 2.05) is 11.3 Å². The van der Waals surface area contributed by atoms with Crippen molar-refractivity contribution < 1.29 is 31.3 Å². The van der Waals surface area contributed by atoms with Crippen molar-refractivity contribution in [2.45, 2.75) is 52.8 Å². The molecule has 0 saturated heterocycles. The molecule has 0 aromatic carbocycles. The Kier molecular flexibility index (Phi) is 18.3. The zero-order chi connectivity index (χ0) is 17.1. The molecule has 0 N–H and O–H groups in total. The van der Waals surface area contributed by atoms with E-state index in [4.69, 9.17) is 14.0 Å². The standard InChI is InChI=1S/C12H22SSi.3CO.Cr/c1-9-8-11(13-10(9)2)14(6,7)12(3,4)5;3*1-2;/h8H,1-7H3;;;;. The van der Waals surface area contributed by atoms with Crippen LogP contribution in [0.25, 0.3) is 0 Å². The van der Waals surface area contributed by atoms with Gasteiger partial charge in [-0.15, -0.1) is 0 Å². The topological polar surface area (TPSA) is 59.7 Å². The van der Waals surface area contributed by atoms with Crippen molar-refractivity contribution >= 4 is 23.9 Å². The molecule has 3 nitrogen and oxygen atoms in total. The average molecular weight is 362 g/mol. The summed E-state index contributed by atoms with van der Waals surface area (Å²) in [5.41, 5.74) is 1.47. The molecule has 0 fully saturated rings. The van der Waals surface area contributed by atoms with Crippen LogP contribution in [-0.2, 0) is 31.3 Å². The van der Waals surface area contributed by atoms with Crippen molar-refractivity contribution in [3.8, 4) is 0 Å². The summed E-state index contributed by atoms with van der Waals surface area (Å²) in [7, 11) is -1.27. The van der Waals surface area contributed by atoms with E-state index in [0.717, 1.165) is 0 Å². The Morgan fingerprint density at radius 2 is 1.29 bits per heavy atom. The fourth-order valence-electron chi connectivity index (χ4n) is 1.25. The molecule has 0 atom stereocenters. The Morgan fingerprint density at radius 1 is 0.952 bits per heavy atom. The molecule has 1 heterocycles. The van der Waals surface area contributed by atoms with Gasteiger partial charge in [0.1, 0.15) is 0 Å². The van der Waals surface area contributed by atoms with Crippen LogP contribution in [0.2, 0.25) is 18.1 Å². The first-order valence-electron chi connectivity index (χ1n) is 5.85. The molecule has 0 saturated carbocycles. The van der Waals surface area contributed by atoms with Crippen LogP contribution < -0.4 is 4.50 Å². The second kappa shape index (κ2) is 13.3. The van der Waals surface area contributed by atoms with Crippen molar-refractivity contribution in [3.05, 3.63) is 36.5 Å². The molecular weight excluding hydrogens is 340 g/mol. The minimum Gasteiger partial charge on any atom is 0 e. The van der Waals surface area contributed by atoms with E-state index in [2.05, 4.69) is 73.7 Å². The van der Waals surface area contributed by atoms with Gasteiger partial charge in [-0.1, -0.05) is 33.9 Å². The Hall–Kier alpha value is -0.331. The molecule has 0 unspecified atom stereocenters. The van der Waals surface area contributed by atoms with E-state index >= 15 is 0 Å². The molecule has 1 aromatic heterocycles. The van der Waals surface area contributed by atoms with Crippen molar-refractivity contribution in [2.24, 2.45) is 0 Å². The first kappa shape index (κ1) is 28.8. The van der Waals surface area contributed by atoms with Crippen LogP contribution >= 0.6 is 11.3 Å². The molecule has 116 valence electrons. The summed E-state index contributed by atoms with van der Waals surface area (Å²) in [4.78, 5) is 1.49. The quantitative estimate of drug-likeness (QED) is 0.412. The average Bonchev–Trinajstić information content (AvgIpc) is 2.76. The first-order valence-corrected chi connectivity index (χ1v) is 9.66. The van der Waals surface area contributed by atoms with Crippen LogP contribution in [0.4, 0.5) is 0 Å². The number of thiophene rings is 1.